The number of benzene rings is 1. The van der Waals surface area contributed by atoms with Crippen LogP contribution in [0.15, 0.2) is 21.5 Å². The van der Waals surface area contributed by atoms with Gasteiger partial charge in [-0.1, -0.05) is 15.9 Å². The average molecular weight is 379 g/mol. The summed E-state index contributed by atoms with van der Waals surface area (Å²) in [5, 5.41) is 5.19. The zero-order valence-corrected chi connectivity index (χ0v) is 14.6. The Bertz CT molecular complexity index is 631. The minimum absolute atomic E-state index is 0.0528. The molecule has 0 atom stereocenters. The van der Waals surface area contributed by atoms with E-state index in [0.717, 1.165) is 0 Å². The molecule has 1 rings (SSSR count). The number of halogens is 1. The summed E-state index contributed by atoms with van der Waals surface area (Å²) in [5.41, 5.74) is 0.753. The predicted molar refractivity (Wildman–Crippen MR) is 83.7 cm³/mol. The monoisotopic (exact) mass is 378 g/mol. The van der Waals surface area contributed by atoms with E-state index in [1.165, 1.54) is 6.07 Å². The Morgan fingerprint density at radius 2 is 2.05 bits per heavy atom. The van der Waals surface area contributed by atoms with Crippen LogP contribution in [0.25, 0.3) is 0 Å². The lowest BCUT2D eigenvalue weighted by Gasteiger charge is -2.21. The average Bonchev–Trinajstić information content (AvgIpc) is 2.40. The number of nitrogens with zero attached hydrogens (tertiary/aromatic N) is 1. The molecule has 0 saturated carbocycles. The van der Waals surface area contributed by atoms with Crippen molar-refractivity contribution >= 4 is 31.9 Å². The third kappa shape index (κ3) is 4.50. The summed E-state index contributed by atoms with van der Waals surface area (Å²) in [4.78, 5) is 14.0. The van der Waals surface area contributed by atoms with E-state index in [1.54, 1.807) is 25.0 Å². The molecule has 8 heteroatoms. The minimum Gasteiger partial charge on any atom is -0.383 e. The fraction of sp³-hybridized carbons (Fsp3) is 0.462. The van der Waals surface area contributed by atoms with Gasteiger partial charge < -0.3 is 9.64 Å². The van der Waals surface area contributed by atoms with Crippen LogP contribution in [0.5, 0.6) is 0 Å². The first-order valence-electron chi connectivity index (χ1n) is 6.33. The SMILES string of the molecule is CCN(CCOC)C(=O)c1cc(Br)c(C)c(S(N)(=O)=O)c1. The molecule has 21 heavy (non-hydrogen) atoms. The Labute approximate surface area is 133 Å². The van der Waals surface area contributed by atoms with Crippen molar-refractivity contribution in [2.45, 2.75) is 18.7 Å². The van der Waals surface area contributed by atoms with Gasteiger partial charge in [-0.2, -0.15) is 0 Å². The molecule has 0 heterocycles. The Kier molecular flexibility index (Phi) is 6.33. The van der Waals surface area contributed by atoms with Crippen LogP contribution < -0.4 is 5.14 Å². The fourth-order valence-corrected chi connectivity index (χ4v) is 3.28. The normalized spacial score (nSPS) is 11.5. The van der Waals surface area contributed by atoms with Crippen LogP contribution in [0.2, 0.25) is 0 Å². The second-order valence-corrected chi connectivity index (χ2v) is 6.89. The van der Waals surface area contributed by atoms with Gasteiger partial charge in [-0.05, 0) is 31.5 Å². The van der Waals surface area contributed by atoms with Crippen molar-refractivity contribution in [3.8, 4) is 0 Å². The topological polar surface area (TPSA) is 89.7 Å². The Balaban J connectivity index is 3.25. The molecule has 0 aliphatic carbocycles. The van der Waals surface area contributed by atoms with Crippen molar-refractivity contribution in [2.24, 2.45) is 5.14 Å². The maximum absolute atomic E-state index is 12.4. The lowest BCUT2D eigenvalue weighted by molar-refractivity contribution is 0.0706. The van der Waals surface area contributed by atoms with Crippen molar-refractivity contribution in [1.29, 1.82) is 0 Å². The molecule has 0 spiro atoms. The van der Waals surface area contributed by atoms with Gasteiger partial charge in [-0.15, -0.1) is 0 Å². The predicted octanol–water partition coefficient (Wildman–Crippen LogP) is 1.51. The molecule has 6 nitrogen and oxygen atoms in total. The lowest BCUT2D eigenvalue weighted by Crippen LogP contribution is -2.34. The summed E-state index contributed by atoms with van der Waals surface area (Å²) in [6.07, 6.45) is 0. The van der Waals surface area contributed by atoms with Crippen LogP contribution in [-0.2, 0) is 14.8 Å². The summed E-state index contributed by atoms with van der Waals surface area (Å²) < 4.78 is 28.7. The highest BCUT2D eigenvalue weighted by atomic mass is 79.9. The van der Waals surface area contributed by atoms with Crippen LogP contribution in [0.1, 0.15) is 22.8 Å². The smallest absolute Gasteiger partial charge is 0.254 e. The number of rotatable bonds is 6. The van der Waals surface area contributed by atoms with Gasteiger partial charge >= 0.3 is 0 Å². The molecule has 1 aromatic rings. The first-order chi connectivity index (χ1) is 9.72. The highest BCUT2D eigenvalue weighted by Crippen LogP contribution is 2.25. The molecule has 0 saturated heterocycles. The number of sulfonamides is 1. The summed E-state index contributed by atoms with van der Waals surface area (Å²) in [7, 11) is -2.33. The summed E-state index contributed by atoms with van der Waals surface area (Å²) in [6, 6.07) is 2.91. The van der Waals surface area contributed by atoms with E-state index in [0.29, 0.717) is 29.7 Å². The molecule has 0 bridgehead atoms. The molecule has 0 radical (unpaired) electrons. The minimum atomic E-state index is -3.89. The van der Waals surface area contributed by atoms with Gasteiger partial charge in [0.25, 0.3) is 5.91 Å². The van der Waals surface area contributed by atoms with Gasteiger partial charge in [0.05, 0.1) is 11.5 Å². The van der Waals surface area contributed by atoms with Gasteiger partial charge in [0.15, 0.2) is 0 Å². The van der Waals surface area contributed by atoms with E-state index in [9.17, 15) is 13.2 Å². The molecule has 2 N–H and O–H groups in total. The first kappa shape index (κ1) is 18.1. The first-order valence-corrected chi connectivity index (χ1v) is 8.67. The van der Waals surface area contributed by atoms with E-state index >= 15 is 0 Å². The molecule has 0 fully saturated rings. The molecular weight excluding hydrogens is 360 g/mol. The third-order valence-corrected chi connectivity index (χ3v) is 4.95. The maximum Gasteiger partial charge on any atom is 0.254 e. The van der Waals surface area contributed by atoms with Gasteiger partial charge in [0.2, 0.25) is 10.0 Å². The number of hydrogen-bond donors (Lipinski definition) is 1. The van der Waals surface area contributed by atoms with E-state index in [2.05, 4.69) is 15.9 Å². The van der Waals surface area contributed by atoms with Crippen molar-refractivity contribution < 1.29 is 17.9 Å². The lowest BCUT2D eigenvalue weighted by atomic mass is 10.1. The van der Waals surface area contributed by atoms with Gasteiger partial charge in [-0.25, -0.2) is 13.6 Å². The van der Waals surface area contributed by atoms with E-state index in [4.69, 9.17) is 9.88 Å². The molecule has 0 aromatic heterocycles. The number of nitrogens with two attached hydrogens (primary N) is 1. The molecule has 1 amide bonds. The van der Waals surface area contributed by atoms with Crippen molar-refractivity contribution in [3.05, 3.63) is 27.7 Å². The fourth-order valence-electron chi connectivity index (χ4n) is 1.86. The van der Waals surface area contributed by atoms with Crippen LogP contribution >= 0.6 is 15.9 Å². The highest BCUT2D eigenvalue weighted by Gasteiger charge is 2.20. The number of methoxy groups -OCH3 is 1. The van der Waals surface area contributed by atoms with Crippen molar-refractivity contribution in [3.63, 3.8) is 0 Å². The van der Waals surface area contributed by atoms with E-state index < -0.39 is 10.0 Å². The third-order valence-electron chi connectivity index (χ3n) is 3.08. The highest BCUT2D eigenvalue weighted by molar-refractivity contribution is 9.10. The number of hydrogen-bond acceptors (Lipinski definition) is 4. The Hall–Kier alpha value is -0.960. The molecule has 0 unspecified atom stereocenters. The maximum atomic E-state index is 12.4. The quantitative estimate of drug-likeness (QED) is 0.812. The molecule has 118 valence electrons. The van der Waals surface area contributed by atoms with Gasteiger partial charge in [-0.3, -0.25) is 4.79 Å². The molecule has 0 aliphatic rings. The van der Waals surface area contributed by atoms with Crippen molar-refractivity contribution in [2.75, 3.05) is 26.8 Å². The molecule has 1 aromatic carbocycles. The van der Waals surface area contributed by atoms with Gasteiger partial charge in [0.1, 0.15) is 0 Å². The zero-order valence-electron chi connectivity index (χ0n) is 12.2. The van der Waals surface area contributed by atoms with E-state index in [-0.39, 0.29) is 16.4 Å². The number of carbonyl (C=O) groups is 1. The van der Waals surface area contributed by atoms with Crippen LogP contribution in [0.3, 0.4) is 0 Å². The zero-order chi connectivity index (χ0) is 16.2. The van der Waals surface area contributed by atoms with Crippen LogP contribution in [0, 0.1) is 6.92 Å². The second kappa shape index (κ2) is 7.35. The molecular formula is C13H19BrN2O4S. The van der Waals surface area contributed by atoms with E-state index in [1.807, 2.05) is 6.92 Å². The number of likely N-dealkylation sites (N-methyl/N-ethyl adjacent to an activating group) is 1. The van der Waals surface area contributed by atoms with Gasteiger partial charge in [0, 0.05) is 30.2 Å². The largest absolute Gasteiger partial charge is 0.383 e. The summed E-state index contributed by atoms with van der Waals surface area (Å²) in [6.45, 7) is 4.81. The number of carbonyl (C=O) groups excluding carboxylic acids is 1. The molecule has 0 aliphatic heterocycles. The Morgan fingerprint density at radius 1 is 1.43 bits per heavy atom. The summed E-state index contributed by atoms with van der Waals surface area (Å²) in [5.74, 6) is -0.264. The number of amides is 1. The number of ether oxygens (including phenoxy) is 1. The number of primary sulfonamides is 1. The van der Waals surface area contributed by atoms with Crippen molar-refractivity contribution in [1.82, 2.24) is 4.90 Å². The van der Waals surface area contributed by atoms with Crippen LogP contribution in [-0.4, -0.2) is 46.0 Å². The van der Waals surface area contributed by atoms with Crippen LogP contribution in [0.4, 0.5) is 0 Å². The standard InChI is InChI=1S/C13H19BrN2O4S/c1-4-16(5-6-20-3)13(17)10-7-11(14)9(2)12(8-10)21(15,18)19/h7-8H,4-6H2,1-3H3,(H2,15,18,19). The second-order valence-electron chi connectivity index (χ2n) is 4.50. The Morgan fingerprint density at radius 3 is 2.52 bits per heavy atom. The summed E-state index contributed by atoms with van der Waals surface area (Å²) >= 11 is 3.27.